The number of amides is 1. The summed E-state index contributed by atoms with van der Waals surface area (Å²) in [7, 11) is 1.60. The van der Waals surface area contributed by atoms with Gasteiger partial charge in [-0.2, -0.15) is 0 Å². The minimum atomic E-state index is -0.260. The van der Waals surface area contributed by atoms with Crippen molar-refractivity contribution in [3.8, 4) is 0 Å². The number of rotatable bonds is 5. The predicted molar refractivity (Wildman–Crippen MR) is 52.4 cm³/mol. The average Bonchev–Trinajstić information content (AvgIpc) is 2.11. The van der Waals surface area contributed by atoms with Gasteiger partial charge in [-0.05, 0) is 12.8 Å². The smallest absolute Gasteiger partial charge is 0.236 e. The third-order valence-electron chi connectivity index (χ3n) is 2.11. The molecule has 1 amide bonds. The summed E-state index contributed by atoms with van der Waals surface area (Å²) in [4.78, 5) is 11.1. The number of likely N-dealkylation sites (N-methyl/N-ethyl adjacent to an activating group) is 1. The molecule has 0 aromatic heterocycles. The number of carbonyl (C=O) groups excluding carboxylic acids is 1. The lowest BCUT2D eigenvalue weighted by atomic mass is 10.0. The first-order valence-corrected chi connectivity index (χ1v) is 4.61. The molecule has 0 aliphatic rings. The molecule has 0 saturated carbocycles. The zero-order valence-electron chi connectivity index (χ0n) is 8.79. The van der Waals surface area contributed by atoms with E-state index >= 15 is 0 Å². The van der Waals surface area contributed by atoms with Crippen molar-refractivity contribution in [1.29, 1.82) is 0 Å². The van der Waals surface area contributed by atoms with Gasteiger partial charge in [-0.25, -0.2) is 0 Å². The Morgan fingerprint density at radius 3 is 2.23 bits per heavy atom. The first-order valence-electron chi connectivity index (χ1n) is 4.61. The Labute approximate surface area is 79.7 Å². The van der Waals surface area contributed by atoms with E-state index < -0.39 is 0 Å². The number of carbonyl (C=O) groups is 1. The first-order chi connectivity index (χ1) is 6.02. The van der Waals surface area contributed by atoms with Gasteiger partial charge in [-0.15, -0.1) is 0 Å². The summed E-state index contributed by atoms with van der Waals surface area (Å²) in [5.74, 6) is 0.260. The summed E-state index contributed by atoms with van der Waals surface area (Å²) in [5, 5.41) is 14.6. The van der Waals surface area contributed by atoms with E-state index in [0.717, 1.165) is 0 Å². The molecule has 0 heterocycles. The topological polar surface area (TPSA) is 61.4 Å². The fourth-order valence-electron chi connectivity index (χ4n) is 1.07. The molecule has 0 aromatic rings. The van der Waals surface area contributed by atoms with Crippen LogP contribution < -0.4 is 10.6 Å². The van der Waals surface area contributed by atoms with Crippen molar-refractivity contribution in [2.75, 3.05) is 13.7 Å². The van der Waals surface area contributed by atoms with Crippen LogP contribution in [0.15, 0.2) is 0 Å². The van der Waals surface area contributed by atoms with Gasteiger partial charge >= 0.3 is 0 Å². The van der Waals surface area contributed by atoms with Gasteiger partial charge in [0, 0.05) is 13.1 Å². The quantitative estimate of drug-likeness (QED) is 0.556. The summed E-state index contributed by atoms with van der Waals surface area (Å²) in [6.07, 6.45) is 0. The van der Waals surface area contributed by atoms with Crippen LogP contribution >= 0.6 is 0 Å². The predicted octanol–water partition coefficient (Wildman–Crippen LogP) is -0.273. The van der Waals surface area contributed by atoms with Crippen LogP contribution in [0.3, 0.4) is 0 Å². The maximum Gasteiger partial charge on any atom is 0.236 e. The molecule has 0 bridgehead atoms. The summed E-state index contributed by atoms with van der Waals surface area (Å²) < 4.78 is 0. The van der Waals surface area contributed by atoms with Gasteiger partial charge in [-0.1, -0.05) is 13.8 Å². The van der Waals surface area contributed by atoms with Gasteiger partial charge in [0.05, 0.1) is 12.6 Å². The standard InChI is InChI=1S/C9H20N2O2/c1-6(2)8(5-12)11-7(3)9(13)10-4/h6-8,11-12H,5H2,1-4H3,(H,10,13)/t7?,8-/m1/s1. The summed E-state index contributed by atoms with van der Waals surface area (Å²) >= 11 is 0. The maximum absolute atomic E-state index is 11.1. The van der Waals surface area contributed by atoms with Gasteiger partial charge in [0.2, 0.25) is 5.91 Å². The molecule has 0 radical (unpaired) electrons. The molecule has 0 spiro atoms. The fraction of sp³-hybridized carbons (Fsp3) is 0.889. The van der Waals surface area contributed by atoms with Crippen LogP contribution in [0.1, 0.15) is 20.8 Å². The Balaban J connectivity index is 4.00. The third kappa shape index (κ3) is 4.24. The van der Waals surface area contributed by atoms with E-state index in [0.29, 0.717) is 5.92 Å². The van der Waals surface area contributed by atoms with Crippen molar-refractivity contribution in [2.24, 2.45) is 5.92 Å². The van der Waals surface area contributed by atoms with Gasteiger partial charge in [0.25, 0.3) is 0 Å². The third-order valence-corrected chi connectivity index (χ3v) is 2.11. The minimum Gasteiger partial charge on any atom is -0.395 e. The van der Waals surface area contributed by atoms with Crippen molar-refractivity contribution >= 4 is 5.91 Å². The van der Waals surface area contributed by atoms with E-state index in [1.165, 1.54) is 0 Å². The van der Waals surface area contributed by atoms with Crippen molar-refractivity contribution in [1.82, 2.24) is 10.6 Å². The molecule has 13 heavy (non-hydrogen) atoms. The lowest BCUT2D eigenvalue weighted by Crippen LogP contribution is -2.48. The van der Waals surface area contributed by atoms with Crippen molar-refractivity contribution < 1.29 is 9.90 Å². The van der Waals surface area contributed by atoms with Crippen molar-refractivity contribution in [2.45, 2.75) is 32.9 Å². The largest absolute Gasteiger partial charge is 0.395 e. The van der Waals surface area contributed by atoms with E-state index in [-0.39, 0.29) is 24.6 Å². The number of aliphatic hydroxyl groups is 1. The number of hydrogen-bond acceptors (Lipinski definition) is 3. The lowest BCUT2D eigenvalue weighted by Gasteiger charge is -2.23. The van der Waals surface area contributed by atoms with Crippen LogP contribution in [-0.2, 0) is 4.79 Å². The second-order valence-electron chi connectivity index (χ2n) is 3.54. The van der Waals surface area contributed by atoms with Crippen LogP contribution in [-0.4, -0.2) is 36.8 Å². The Kier molecular flexibility index (Phi) is 5.66. The molecule has 78 valence electrons. The highest BCUT2D eigenvalue weighted by Gasteiger charge is 2.18. The second-order valence-corrected chi connectivity index (χ2v) is 3.54. The molecular formula is C9H20N2O2. The van der Waals surface area contributed by atoms with Gasteiger partial charge in [-0.3, -0.25) is 4.79 Å². The van der Waals surface area contributed by atoms with E-state index in [1.807, 2.05) is 13.8 Å². The second kappa shape index (κ2) is 5.94. The first kappa shape index (κ1) is 12.4. The van der Waals surface area contributed by atoms with Crippen LogP contribution in [0.5, 0.6) is 0 Å². The van der Waals surface area contributed by atoms with E-state index in [4.69, 9.17) is 5.11 Å². The molecule has 3 N–H and O–H groups in total. The van der Waals surface area contributed by atoms with Crippen LogP contribution in [0.2, 0.25) is 0 Å². The Morgan fingerprint density at radius 1 is 1.38 bits per heavy atom. The molecule has 0 saturated heterocycles. The Morgan fingerprint density at radius 2 is 1.92 bits per heavy atom. The zero-order valence-corrected chi connectivity index (χ0v) is 8.79. The average molecular weight is 188 g/mol. The SMILES string of the molecule is CNC(=O)C(C)N[C@H](CO)C(C)C. The van der Waals surface area contributed by atoms with Crippen LogP contribution in [0, 0.1) is 5.92 Å². The summed E-state index contributed by atoms with van der Waals surface area (Å²) in [5.41, 5.74) is 0. The molecule has 0 fully saturated rings. The molecule has 0 aromatic carbocycles. The van der Waals surface area contributed by atoms with Crippen LogP contribution in [0.4, 0.5) is 0 Å². The molecule has 2 atom stereocenters. The monoisotopic (exact) mass is 188 g/mol. The molecule has 0 aliphatic carbocycles. The Bertz CT molecular complexity index is 160. The highest BCUT2D eigenvalue weighted by atomic mass is 16.3. The molecule has 0 rings (SSSR count). The highest BCUT2D eigenvalue weighted by molar-refractivity contribution is 5.80. The molecule has 4 nitrogen and oxygen atoms in total. The fourth-order valence-corrected chi connectivity index (χ4v) is 1.07. The number of nitrogens with one attached hydrogen (secondary N) is 2. The molecule has 0 aliphatic heterocycles. The van der Waals surface area contributed by atoms with Crippen molar-refractivity contribution in [3.05, 3.63) is 0 Å². The normalized spacial score (nSPS) is 15.5. The van der Waals surface area contributed by atoms with Crippen LogP contribution in [0.25, 0.3) is 0 Å². The number of aliphatic hydroxyl groups excluding tert-OH is 1. The van der Waals surface area contributed by atoms with E-state index in [2.05, 4.69) is 10.6 Å². The van der Waals surface area contributed by atoms with Gasteiger partial charge < -0.3 is 15.7 Å². The van der Waals surface area contributed by atoms with Gasteiger partial charge in [0.1, 0.15) is 0 Å². The molecule has 4 heteroatoms. The minimum absolute atomic E-state index is 0.0210. The highest BCUT2D eigenvalue weighted by Crippen LogP contribution is 2.01. The van der Waals surface area contributed by atoms with Gasteiger partial charge in [0.15, 0.2) is 0 Å². The number of hydrogen-bond donors (Lipinski definition) is 3. The maximum atomic E-state index is 11.1. The molecular weight excluding hydrogens is 168 g/mol. The van der Waals surface area contributed by atoms with E-state index in [9.17, 15) is 4.79 Å². The molecule has 1 unspecified atom stereocenters. The summed E-state index contributed by atoms with van der Waals surface area (Å²) in [6.45, 7) is 5.85. The summed E-state index contributed by atoms with van der Waals surface area (Å²) in [6, 6.07) is -0.281. The van der Waals surface area contributed by atoms with Crippen molar-refractivity contribution in [3.63, 3.8) is 0 Å². The Hall–Kier alpha value is -0.610. The lowest BCUT2D eigenvalue weighted by molar-refractivity contribution is -0.122. The van der Waals surface area contributed by atoms with E-state index in [1.54, 1.807) is 14.0 Å². The zero-order chi connectivity index (χ0) is 10.4.